The molecule has 4 saturated carbocycles. The highest BCUT2D eigenvalue weighted by molar-refractivity contribution is 5.95. The van der Waals surface area contributed by atoms with Crippen LogP contribution < -0.4 is 5.73 Å². The number of carboxylic acid groups (broad SMARTS) is 1. The molecule has 6 rings (SSSR count). The zero-order valence-corrected chi connectivity index (χ0v) is 15.8. The lowest BCUT2D eigenvalue weighted by Crippen LogP contribution is -2.54. The van der Waals surface area contributed by atoms with Crippen LogP contribution in [0.4, 0.5) is 0 Å². The zero-order valence-electron chi connectivity index (χ0n) is 15.8. The number of carbonyl (C=O) groups is 2. The predicted octanol–water partition coefficient (Wildman–Crippen LogP) is 3.16. The minimum Gasteiger partial charge on any atom is -0.481 e. The van der Waals surface area contributed by atoms with Gasteiger partial charge in [-0.05, 0) is 61.8 Å². The Bertz CT molecular complexity index is 908. The van der Waals surface area contributed by atoms with E-state index in [0.717, 1.165) is 48.4 Å². The topological polar surface area (TPSA) is 105 Å². The molecule has 1 heterocycles. The number of aromatic nitrogens is 1. The van der Waals surface area contributed by atoms with Crippen molar-refractivity contribution in [3.63, 3.8) is 0 Å². The number of para-hydroxylation sites is 1. The number of aromatic amines is 1. The van der Waals surface area contributed by atoms with Gasteiger partial charge in [-0.2, -0.15) is 0 Å². The summed E-state index contributed by atoms with van der Waals surface area (Å²) in [5, 5.41) is 10.2. The van der Waals surface area contributed by atoms with Crippen molar-refractivity contribution in [1.29, 1.82) is 0 Å². The van der Waals surface area contributed by atoms with Crippen LogP contribution >= 0.6 is 0 Å². The number of fused-ring (bicyclic) bond motifs is 1. The number of esters is 1. The van der Waals surface area contributed by atoms with Crippen molar-refractivity contribution < 1.29 is 19.4 Å². The number of carboxylic acids is 1. The van der Waals surface area contributed by atoms with Crippen molar-refractivity contribution in [2.75, 3.05) is 0 Å². The quantitative estimate of drug-likeness (QED) is 0.689. The van der Waals surface area contributed by atoms with Crippen molar-refractivity contribution in [2.45, 2.75) is 50.2 Å². The first-order valence-corrected chi connectivity index (χ1v) is 10.2. The molecule has 0 amide bonds. The molecule has 4 fully saturated rings. The van der Waals surface area contributed by atoms with E-state index in [2.05, 4.69) is 4.98 Å². The van der Waals surface area contributed by atoms with Crippen molar-refractivity contribution in [2.24, 2.45) is 29.4 Å². The number of aliphatic carboxylic acids is 1. The molecule has 1 atom stereocenters. The van der Waals surface area contributed by atoms with E-state index >= 15 is 0 Å². The first-order chi connectivity index (χ1) is 13.4. The number of rotatable bonds is 5. The van der Waals surface area contributed by atoms with E-state index < -0.39 is 23.9 Å². The fourth-order valence-corrected chi connectivity index (χ4v) is 6.25. The van der Waals surface area contributed by atoms with E-state index in [-0.39, 0.29) is 6.10 Å². The number of benzene rings is 1. The van der Waals surface area contributed by atoms with Crippen LogP contribution in [0.1, 0.15) is 44.1 Å². The number of nitrogens with two attached hydrogens (primary N) is 1. The minimum absolute atomic E-state index is 0.123. The summed E-state index contributed by atoms with van der Waals surface area (Å²) in [5.74, 6) is 0.613. The first-order valence-electron chi connectivity index (χ1n) is 10.2. The first kappa shape index (κ1) is 17.7. The molecule has 0 spiro atoms. The largest absolute Gasteiger partial charge is 0.481 e. The van der Waals surface area contributed by atoms with E-state index in [1.807, 2.05) is 24.3 Å². The summed E-state index contributed by atoms with van der Waals surface area (Å²) < 4.78 is 6.02. The van der Waals surface area contributed by atoms with Crippen LogP contribution in [0.25, 0.3) is 10.9 Å². The van der Waals surface area contributed by atoms with Crippen LogP contribution in [0.15, 0.2) is 30.5 Å². The maximum Gasteiger partial charge on any atom is 0.331 e. The van der Waals surface area contributed by atoms with Gasteiger partial charge in [-0.25, -0.2) is 4.79 Å². The third-order valence-electron chi connectivity index (χ3n) is 7.25. The Balaban J connectivity index is 1.46. The molecule has 6 heteroatoms. The number of H-pyrrole nitrogens is 1. The maximum absolute atomic E-state index is 13.3. The highest BCUT2D eigenvalue weighted by atomic mass is 16.5. The second kappa shape index (κ2) is 6.34. The maximum atomic E-state index is 13.3. The van der Waals surface area contributed by atoms with Gasteiger partial charge >= 0.3 is 11.9 Å². The number of nitrogens with one attached hydrogen (secondary N) is 1. The fourth-order valence-electron chi connectivity index (χ4n) is 6.25. The van der Waals surface area contributed by atoms with Gasteiger partial charge in [0.2, 0.25) is 0 Å². The van der Waals surface area contributed by atoms with Gasteiger partial charge < -0.3 is 20.6 Å². The van der Waals surface area contributed by atoms with Crippen LogP contribution in [0.5, 0.6) is 0 Å². The molecular formula is C22H26N2O4. The number of carbonyl (C=O) groups excluding carboxylic acids is 1. The van der Waals surface area contributed by atoms with Gasteiger partial charge in [0.25, 0.3) is 0 Å². The zero-order chi connectivity index (χ0) is 19.5. The molecule has 4 aliphatic carbocycles. The van der Waals surface area contributed by atoms with Gasteiger partial charge in [-0.1, -0.05) is 18.2 Å². The highest BCUT2D eigenvalue weighted by Crippen LogP contribution is 2.55. The van der Waals surface area contributed by atoms with Crippen molar-refractivity contribution in [3.05, 3.63) is 36.0 Å². The number of hydrogen-bond acceptors (Lipinski definition) is 4. The smallest absolute Gasteiger partial charge is 0.331 e. The lowest BCUT2D eigenvalue weighted by atomic mass is 9.55. The highest BCUT2D eigenvalue weighted by Gasteiger charge is 2.52. The summed E-state index contributed by atoms with van der Waals surface area (Å²) in [6.07, 6.45) is 6.82. The van der Waals surface area contributed by atoms with Crippen molar-refractivity contribution in [1.82, 2.24) is 4.98 Å². The van der Waals surface area contributed by atoms with Gasteiger partial charge in [0.05, 0.1) is 6.42 Å². The van der Waals surface area contributed by atoms with Gasteiger partial charge in [-0.3, -0.25) is 4.79 Å². The molecule has 28 heavy (non-hydrogen) atoms. The monoisotopic (exact) mass is 382 g/mol. The predicted molar refractivity (Wildman–Crippen MR) is 103 cm³/mol. The molecule has 1 aromatic carbocycles. The molecule has 6 nitrogen and oxygen atoms in total. The van der Waals surface area contributed by atoms with E-state index in [1.54, 1.807) is 6.20 Å². The summed E-state index contributed by atoms with van der Waals surface area (Å²) in [5.41, 5.74) is 6.10. The van der Waals surface area contributed by atoms with Crippen molar-refractivity contribution in [3.8, 4) is 0 Å². The Morgan fingerprint density at radius 2 is 1.75 bits per heavy atom. The standard InChI is InChI=1S/C22H26N2O4/c23-22(10-19(25)26,17-11-24-18-4-2-1-3-16(17)18)21(27)28-20-14-6-12-5-13(8-14)9-15(20)7-12/h1-4,11-15,20,24H,5-10,23H2,(H,25,26). The lowest BCUT2D eigenvalue weighted by Gasteiger charge is -2.53. The second-order valence-electron chi connectivity index (χ2n) is 9.09. The fraction of sp³-hybridized carbons (Fsp3) is 0.545. The number of hydrogen-bond donors (Lipinski definition) is 3. The third-order valence-corrected chi connectivity index (χ3v) is 7.25. The second-order valence-corrected chi connectivity index (χ2v) is 9.09. The molecule has 1 aromatic heterocycles. The summed E-state index contributed by atoms with van der Waals surface area (Å²) in [4.78, 5) is 28.0. The number of ether oxygens (including phenoxy) is 1. The Kier molecular flexibility index (Phi) is 4.02. The summed E-state index contributed by atoms with van der Waals surface area (Å²) >= 11 is 0. The van der Waals surface area contributed by atoms with E-state index in [9.17, 15) is 14.7 Å². The molecule has 1 unspecified atom stereocenters. The Hall–Kier alpha value is -2.34. The molecule has 148 valence electrons. The molecule has 0 saturated heterocycles. The average Bonchev–Trinajstić information content (AvgIpc) is 3.08. The van der Waals surface area contributed by atoms with Gasteiger partial charge in [0.15, 0.2) is 5.54 Å². The van der Waals surface area contributed by atoms with E-state index in [4.69, 9.17) is 10.5 Å². The molecule has 0 radical (unpaired) electrons. The summed E-state index contributed by atoms with van der Waals surface area (Å²) in [6, 6.07) is 7.46. The summed E-state index contributed by atoms with van der Waals surface area (Å²) in [7, 11) is 0. The Labute approximate surface area is 163 Å². The van der Waals surface area contributed by atoms with Gasteiger partial charge in [-0.15, -0.1) is 0 Å². The lowest BCUT2D eigenvalue weighted by molar-refractivity contribution is -0.179. The SMILES string of the molecule is NC(CC(=O)O)(C(=O)OC1C2CC3CC(C2)CC1C3)c1c[nH]c2ccccc12. The molecule has 4 N–H and O–H groups in total. The molecule has 4 aliphatic rings. The normalized spacial score (nSPS) is 33.0. The molecule has 0 aliphatic heterocycles. The Morgan fingerprint density at radius 3 is 2.39 bits per heavy atom. The van der Waals surface area contributed by atoms with E-state index in [1.165, 1.54) is 6.42 Å². The van der Waals surface area contributed by atoms with Crippen molar-refractivity contribution >= 4 is 22.8 Å². The molecule has 2 aromatic rings. The van der Waals surface area contributed by atoms with Crippen LogP contribution in [0.2, 0.25) is 0 Å². The van der Waals surface area contributed by atoms with Crippen LogP contribution in [0, 0.1) is 23.7 Å². The molecule has 4 bridgehead atoms. The molecular weight excluding hydrogens is 356 g/mol. The van der Waals surface area contributed by atoms with Gasteiger partial charge in [0, 0.05) is 22.7 Å². The van der Waals surface area contributed by atoms with Crippen LogP contribution in [-0.4, -0.2) is 28.1 Å². The van der Waals surface area contributed by atoms with E-state index in [0.29, 0.717) is 17.4 Å². The third kappa shape index (κ3) is 2.73. The minimum atomic E-state index is -1.71. The van der Waals surface area contributed by atoms with Crippen LogP contribution in [0.3, 0.4) is 0 Å². The van der Waals surface area contributed by atoms with Gasteiger partial charge in [0.1, 0.15) is 6.10 Å². The Morgan fingerprint density at radius 1 is 1.11 bits per heavy atom. The van der Waals surface area contributed by atoms with Crippen LogP contribution in [-0.2, 0) is 19.9 Å². The average molecular weight is 382 g/mol. The summed E-state index contributed by atoms with van der Waals surface area (Å²) in [6.45, 7) is 0.